The van der Waals surface area contributed by atoms with Gasteiger partial charge in [0.2, 0.25) is 0 Å². The number of carboxylic acids is 1. The van der Waals surface area contributed by atoms with Gasteiger partial charge in [-0.25, -0.2) is 0 Å². The van der Waals surface area contributed by atoms with Gasteiger partial charge in [0.15, 0.2) is 0 Å². The van der Waals surface area contributed by atoms with E-state index in [1.165, 1.54) is 11.8 Å². The maximum absolute atomic E-state index is 10.3. The molecule has 1 aromatic rings. The summed E-state index contributed by atoms with van der Waals surface area (Å²) in [6.07, 6.45) is 0. The SMILES string of the molecule is Cc1cc(Cl)cc(SCC(=O)O)c1. The Morgan fingerprint density at radius 2 is 2.23 bits per heavy atom. The molecule has 0 unspecified atom stereocenters. The van der Waals surface area contributed by atoms with Crippen LogP contribution in [0.1, 0.15) is 5.56 Å². The minimum absolute atomic E-state index is 0.0692. The second-order valence-corrected chi connectivity index (χ2v) is 4.13. The molecule has 70 valence electrons. The lowest BCUT2D eigenvalue weighted by molar-refractivity contribution is -0.133. The van der Waals surface area contributed by atoms with Crippen molar-refractivity contribution in [1.29, 1.82) is 0 Å². The minimum atomic E-state index is -0.817. The molecule has 2 nitrogen and oxygen atoms in total. The van der Waals surface area contributed by atoms with Crippen molar-refractivity contribution in [3.63, 3.8) is 0 Å². The number of halogens is 1. The predicted octanol–water partition coefficient (Wildman–Crippen LogP) is 2.83. The molecule has 0 aliphatic heterocycles. The third-order valence-electron chi connectivity index (χ3n) is 1.38. The van der Waals surface area contributed by atoms with E-state index in [1.807, 2.05) is 19.1 Å². The molecule has 0 fully saturated rings. The molecule has 1 rings (SSSR count). The molecular formula is C9H9ClO2S. The van der Waals surface area contributed by atoms with Gasteiger partial charge in [-0.3, -0.25) is 4.79 Å². The summed E-state index contributed by atoms with van der Waals surface area (Å²) in [5.74, 6) is -0.748. The van der Waals surface area contributed by atoms with Crippen molar-refractivity contribution in [2.24, 2.45) is 0 Å². The lowest BCUT2D eigenvalue weighted by Gasteiger charge is -2.01. The molecule has 0 saturated heterocycles. The summed E-state index contributed by atoms with van der Waals surface area (Å²) >= 11 is 7.08. The zero-order valence-electron chi connectivity index (χ0n) is 7.08. The van der Waals surface area contributed by atoms with E-state index in [0.717, 1.165) is 10.5 Å². The zero-order chi connectivity index (χ0) is 9.84. The van der Waals surface area contributed by atoms with Crippen molar-refractivity contribution < 1.29 is 9.90 Å². The van der Waals surface area contributed by atoms with Crippen molar-refractivity contribution in [1.82, 2.24) is 0 Å². The summed E-state index contributed by atoms with van der Waals surface area (Å²) in [4.78, 5) is 11.2. The summed E-state index contributed by atoms with van der Waals surface area (Å²) in [5.41, 5.74) is 1.04. The van der Waals surface area contributed by atoms with Crippen LogP contribution in [-0.2, 0) is 4.79 Å². The van der Waals surface area contributed by atoms with Crippen molar-refractivity contribution in [3.8, 4) is 0 Å². The van der Waals surface area contributed by atoms with Gasteiger partial charge < -0.3 is 5.11 Å². The molecule has 0 amide bonds. The summed E-state index contributed by atoms with van der Waals surface area (Å²) in [5, 5.41) is 9.11. The van der Waals surface area contributed by atoms with Crippen LogP contribution in [0, 0.1) is 6.92 Å². The van der Waals surface area contributed by atoms with Gasteiger partial charge in [-0.05, 0) is 30.7 Å². The number of aryl methyl sites for hydroxylation is 1. The molecule has 0 bridgehead atoms. The average molecular weight is 217 g/mol. The molecule has 1 aromatic carbocycles. The van der Waals surface area contributed by atoms with Crippen molar-refractivity contribution in [2.45, 2.75) is 11.8 Å². The van der Waals surface area contributed by atoms with Gasteiger partial charge in [-0.2, -0.15) is 0 Å². The van der Waals surface area contributed by atoms with E-state index in [-0.39, 0.29) is 5.75 Å². The lowest BCUT2D eigenvalue weighted by Crippen LogP contribution is -1.97. The quantitative estimate of drug-likeness (QED) is 0.790. The molecule has 4 heteroatoms. The van der Waals surface area contributed by atoms with E-state index < -0.39 is 5.97 Å². The lowest BCUT2D eigenvalue weighted by atomic mass is 10.2. The number of thioether (sulfide) groups is 1. The number of rotatable bonds is 3. The largest absolute Gasteiger partial charge is 0.481 e. The third-order valence-corrected chi connectivity index (χ3v) is 2.56. The smallest absolute Gasteiger partial charge is 0.313 e. The van der Waals surface area contributed by atoms with Crippen molar-refractivity contribution in [2.75, 3.05) is 5.75 Å². The van der Waals surface area contributed by atoms with Crippen LogP contribution in [0.2, 0.25) is 5.02 Å². The zero-order valence-corrected chi connectivity index (χ0v) is 8.65. The van der Waals surface area contributed by atoms with Gasteiger partial charge in [-0.1, -0.05) is 11.6 Å². The van der Waals surface area contributed by atoms with Gasteiger partial charge in [-0.15, -0.1) is 11.8 Å². The Bertz CT molecular complexity index is 305. The molecule has 1 N–H and O–H groups in total. The highest BCUT2D eigenvalue weighted by Gasteiger charge is 2.01. The summed E-state index contributed by atoms with van der Waals surface area (Å²) < 4.78 is 0. The van der Waals surface area contributed by atoms with Crippen LogP contribution >= 0.6 is 23.4 Å². The summed E-state index contributed by atoms with van der Waals surface area (Å²) in [7, 11) is 0. The molecule has 0 heterocycles. The van der Waals surface area contributed by atoms with Crippen LogP contribution in [-0.4, -0.2) is 16.8 Å². The Morgan fingerprint density at radius 3 is 2.77 bits per heavy atom. The van der Waals surface area contributed by atoms with Crippen molar-refractivity contribution in [3.05, 3.63) is 28.8 Å². The van der Waals surface area contributed by atoms with Crippen LogP contribution in [0.15, 0.2) is 23.1 Å². The Hall–Kier alpha value is -0.670. The van der Waals surface area contributed by atoms with Crippen LogP contribution in [0.4, 0.5) is 0 Å². The molecule has 0 saturated carbocycles. The number of aliphatic carboxylic acids is 1. The standard InChI is InChI=1S/C9H9ClO2S/c1-6-2-7(10)4-8(3-6)13-5-9(11)12/h2-4H,5H2,1H3,(H,11,12). The first-order valence-electron chi connectivity index (χ1n) is 3.70. The monoisotopic (exact) mass is 216 g/mol. The minimum Gasteiger partial charge on any atom is -0.481 e. The van der Waals surface area contributed by atoms with Crippen LogP contribution < -0.4 is 0 Å². The number of hydrogen-bond acceptors (Lipinski definition) is 2. The van der Waals surface area contributed by atoms with Crippen molar-refractivity contribution >= 4 is 29.3 Å². The van der Waals surface area contributed by atoms with E-state index in [9.17, 15) is 4.79 Å². The van der Waals surface area contributed by atoms with Gasteiger partial charge in [0.1, 0.15) is 0 Å². The van der Waals surface area contributed by atoms with E-state index in [4.69, 9.17) is 16.7 Å². The second-order valence-electron chi connectivity index (χ2n) is 2.65. The van der Waals surface area contributed by atoms with Crippen LogP contribution in [0.5, 0.6) is 0 Å². The number of hydrogen-bond donors (Lipinski definition) is 1. The third kappa shape index (κ3) is 3.70. The van der Waals surface area contributed by atoms with E-state index in [2.05, 4.69) is 0 Å². The highest BCUT2D eigenvalue weighted by Crippen LogP contribution is 2.23. The normalized spacial score (nSPS) is 10.0. The first-order valence-corrected chi connectivity index (χ1v) is 5.06. The number of carboxylic acid groups (broad SMARTS) is 1. The topological polar surface area (TPSA) is 37.3 Å². The Labute approximate surface area is 85.9 Å². The summed E-state index contributed by atoms with van der Waals surface area (Å²) in [6.45, 7) is 1.93. The maximum Gasteiger partial charge on any atom is 0.313 e. The molecule has 0 spiro atoms. The molecule has 0 radical (unpaired) electrons. The number of benzene rings is 1. The van der Waals surface area contributed by atoms with Crippen LogP contribution in [0.3, 0.4) is 0 Å². The maximum atomic E-state index is 10.3. The Balaban J connectivity index is 2.71. The Kier molecular flexibility index (Phi) is 3.63. The molecule has 0 atom stereocenters. The average Bonchev–Trinajstić information content (AvgIpc) is 1.99. The fourth-order valence-corrected chi connectivity index (χ4v) is 2.06. The van der Waals surface area contributed by atoms with Gasteiger partial charge in [0, 0.05) is 9.92 Å². The highest BCUT2D eigenvalue weighted by molar-refractivity contribution is 8.00. The first-order chi connectivity index (χ1) is 6.08. The van der Waals surface area contributed by atoms with Crippen LogP contribution in [0.25, 0.3) is 0 Å². The first kappa shape index (κ1) is 10.4. The van der Waals surface area contributed by atoms with E-state index in [1.54, 1.807) is 6.07 Å². The molecule has 13 heavy (non-hydrogen) atoms. The fourth-order valence-electron chi connectivity index (χ4n) is 0.931. The molecule has 0 aliphatic carbocycles. The second kappa shape index (κ2) is 4.53. The molecular weight excluding hydrogens is 208 g/mol. The highest BCUT2D eigenvalue weighted by atomic mass is 35.5. The van der Waals surface area contributed by atoms with Gasteiger partial charge >= 0.3 is 5.97 Å². The van der Waals surface area contributed by atoms with E-state index >= 15 is 0 Å². The van der Waals surface area contributed by atoms with Gasteiger partial charge in [0.05, 0.1) is 5.75 Å². The fraction of sp³-hybridized carbons (Fsp3) is 0.222. The summed E-state index contributed by atoms with van der Waals surface area (Å²) in [6, 6.07) is 5.52. The molecule has 0 aliphatic rings. The molecule has 0 aromatic heterocycles. The Morgan fingerprint density at radius 1 is 1.54 bits per heavy atom. The van der Waals surface area contributed by atoms with E-state index in [0.29, 0.717) is 5.02 Å². The number of carbonyl (C=O) groups is 1. The predicted molar refractivity (Wildman–Crippen MR) is 54.5 cm³/mol. The van der Waals surface area contributed by atoms with Gasteiger partial charge in [0.25, 0.3) is 0 Å².